The zero-order chi connectivity index (χ0) is 47.9. The third-order valence-electron chi connectivity index (χ3n) is 18.8. The fourth-order valence-corrected chi connectivity index (χ4v) is 15.2. The summed E-state index contributed by atoms with van der Waals surface area (Å²) in [6, 6.07) is 26.8. The van der Waals surface area contributed by atoms with Gasteiger partial charge in [0, 0.05) is 0 Å². The van der Waals surface area contributed by atoms with E-state index in [1.165, 1.54) is 144 Å². The minimum Gasteiger partial charge on any atom is -0.0814 e. The lowest BCUT2D eigenvalue weighted by molar-refractivity contribution is 0.311. The quantitative estimate of drug-likeness (QED) is 0.134. The van der Waals surface area contributed by atoms with Crippen LogP contribution in [0, 0.1) is 23.7 Å². The van der Waals surface area contributed by atoms with Gasteiger partial charge in [-0.15, -0.1) is 0 Å². The Morgan fingerprint density at radius 2 is 0.812 bits per heavy atom. The molecule has 0 amide bonds. The zero-order valence-corrected chi connectivity index (χ0v) is 44.1. The minimum absolute atomic E-state index is 0.386. The van der Waals surface area contributed by atoms with Gasteiger partial charge >= 0.3 is 0 Å². The summed E-state index contributed by atoms with van der Waals surface area (Å²) >= 11 is 0. The molecular weight excluding hydrogens is 829 g/mol. The molecule has 0 spiro atoms. The molecule has 2 saturated carbocycles. The molecule has 6 aromatic rings. The predicted molar refractivity (Wildman–Crippen MR) is 300 cm³/mol. The molecule has 0 aliphatic heterocycles. The Hall–Kier alpha value is -4.94. The number of fused-ring (bicyclic) bond motifs is 12. The van der Waals surface area contributed by atoms with Crippen molar-refractivity contribution in [3.63, 3.8) is 0 Å². The van der Waals surface area contributed by atoms with Crippen LogP contribution in [0.2, 0.25) is 0 Å². The van der Waals surface area contributed by atoms with E-state index >= 15 is 0 Å². The van der Waals surface area contributed by atoms with Crippen LogP contribution in [0.4, 0.5) is 0 Å². The van der Waals surface area contributed by atoms with E-state index in [0.29, 0.717) is 71.0 Å². The molecule has 0 nitrogen and oxygen atoms in total. The normalized spacial score (nSPS) is 23.5. The maximum Gasteiger partial charge on any atom is -0.00238 e. The van der Waals surface area contributed by atoms with Crippen molar-refractivity contribution in [2.45, 2.75) is 175 Å². The van der Waals surface area contributed by atoms with Gasteiger partial charge in [0.05, 0.1) is 0 Å². The van der Waals surface area contributed by atoms with E-state index in [9.17, 15) is 0 Å². The molecule has 0 saturated heterocycles. The molecule has 0 radical (unpaired) electrons. The second kappa shape index (κ2) is 16.8. The molecule has 6 aliphatic rings. The van der Waals surface area contributed by atoms with Crippen LogP contribution in [0.1, 0.15) is 231 Å². The van der Waals surface area contributed by atoms with Crippen LogP contribution in [0.25, 0.3) is 65.7 Å². The van der Waals surface area contributed by atoms with Gasteiger partial charge in [0.25, 0.3) is 0 Å². The van der Waals surface area contributed by atoms with Gasteiger partial charge in [-0.1, -0.05) is 157 Å². The summed E-state index contributed by atoms with van der Waals surface area (Å²) in [5.41, 5.74) is 24.3. The molecule has 6 aliphatic carbocycles. The Bertz CT molecular complexity index is 3180. The largest absolute Gasteiger partial charge is 0.0814 e. The summed E-state index contributed by atoms with van der Waals surface area (Å²) in [5.74, 6) is 6.20. The van der Waals surface area contributed by atoms with Crippen molar-refractivity contribution in [2.24, 2.45) is 23.7 Å². The number of hydrogen-bond donors (Lipinski definition) is 0. The van der Waals surface area contributed by atoms with E-state index in [4.69, 9.17) is 0 Å². The maximum atomic E-state index is 2.78. The van der Waals surface area contributed by atoms with Crippen molar-refractivity contribution in [2.75, 3.05) is 0 Å². The van der Waals surface area contributed by atoms with Crippen molar-refractivity contribution in [1.82, 2.24) is 0 Å². The molecule has 0 aromatic heterocycles. The first-order chi connectivity index (χ1) is 33.2. The highest BCUT2D eigenvalue weighted by Gasteiger charge is 2.44. The van der Waals surface area contributed by atoms with Crippen molar-refractivity contribution in [1.29, 1.82) is 0 Å². The zero-order valence-electron chi connectivity index (χ0n) is 44.1. The lowest BCUT2D eigenvalue weighted by Crippen LogP contribution is -2.23. The SMILES string of the molecule is CC(C)c1cc(C(C)C)c(-c2cc3c4cc5c(cc4c(-c4c(C(C)C)cc(C(C)C)cc4C(C)C)cc3c3cc4c(cc23)C2CCCC3C=CC=C4C32)C2=CC=CC3CCCC5C2C3)c(C(C)C)c1. The van der Waals surface area contributed by atoms with Gasteiger partial charge in [0.1, 0.15) is 0 Å². The number of allylic oxidation sites excluding steroid dienone is 8. The first kappa shape index (κ1) is 45.2. The van der Waals surface area contributed by atoms with E-state index in [-0.39, 0.29) is 0 Å². The van der Waals surface area contributed by atoms with E-state index in [1.54, 1.807) is 22.3 Å². The Kier molecular flexibility index (Phi) is 11.0. The van der Waals surface area contributed by atoms with Crippen LogP contribution in [0.15, 0.2) is 97.1 Å². The van der Waals surface area contributed by atoms with Crippen molar-refractivity contribution >= 4 is 43.5 Å². The highest BCUT2D eigenvalue weighted by atomic mass is 14.5. The van der Waals surface area contributed by atoms with Gasteiger partial charge in [0.15, 0.2) is 0 Å². The first-order valence-corrected chi connectivity index (χ1v) is 27.9. The summed E-state index contributed by atoms with van der Waals surface area (Å²) in [6.07, 6.45) is 24.1. The standard InChI is InChI=1S/C69H78/c1-36(2)44-26-50(38(5)6)68(51(27-44)39(7)8)65-35-62-60-32-57-48-23-15-19-43-20-16-24-49(67(43)48)58(57)33-64(60)66(69-52(40(9)10)28-45(37(3)4)29-53(69)41(11)12)34-61(62)59-30-55-46-21-13-17-42-18-14-22-47(54(46)25-42)56(55)31-63(59)65/h14-15,18-19,22-23,26-43,46,49,54,67H,13,16-17,20-21,24-25H2,1-12H3. The van der Waals surface area contributed by atoms with E-state index in [2.05, 4.69) is 180 Å². The maximum absolute atomic E-state index is 2.78. The summed E-state index contributed by atoms with van der Waals surface area (Å²) in [7, 11) is 0. The molecular formula is C69H78. The van der Waals surface area contributed by atoms with Gasteiger partial charge in [0.2, 0.25) is 0 Å². The summed E-state index contributed by atoms with van der Waals surface area (Å²) < 4.78 is 0. The van der Waals surface area contributed by atoms with E-state index < -0.39 is 0 Å². The lowest BCUT2D eigenvalue weighted by atomic mass is 9.69. The van der Waals surface area contributed by atoms with E-state index in [1.807, 2.05) is 0 Å². The Morgan fingerprint density at radius 1 is 0.377 bits per heavy atom. The number of benzene rings is 6. The first-order valence-electron chi connectivity index (χ1n) is 27.9. The van der Waals surface area contributed by atoms with Gasteiger partial charge < -0.3 is 0 Å². The molecule has 2 bridgehead atoms. The molecule has 0 heteroatoms. The lowest BCUT2D eigenvalue weighted by Gasteiger charge is -2.34. The van der Waals surface area contributed by atoms with Crippen molar-refractivity contribution in [3.05, 3.63) is 153 Å². The highest BCUT2D eigenvalue weighted by molar-refractivity contribution is 6.25. The van der Waals surface area contributed by atoms with Gasteiger partial charge in [-0.25, -0.2) is 0 Å². The average molecular weight is 907 g/mol. The molecule has 6 aromatic carbocycles. The molecule has 0 N–H and O–H groups in total. The highest BCUT2D eigenvalue weighted by Crippen LogP contribution is 2.60. The Morgan fingerprint density at radius 3 is 1.39 bits per heavy atom. The van der Waals surface area contributed by atoms with Crippen LogP contribution in [-0.4, -0.2) is 0 Å². The summed E-state index contributed by atoms with van der Waals surface area (Å²) in [5, 5.41) is 8.67. The average Bonchev–Trinajstić information content (AvgIpc) is 3.55. The smallest absolute Gasteiger partial charge is 0.00238 e. The molecule has 354 valence electrons. The second-order valence-corrected chi connectivity index (χ2v) is 24.9. The topological polar surface area (TPSA) is 0 Å². The number of rotatable bonds is 8. The molecule has 0 heterocycles. The molecule has 2 fully saturated rings. The van der Waals surface area contributed by atoms with Crippen LogP contribution < -0.4 is 0 Å². The van der Waals surface area contributed by atoms with E-state index in [0.717, 1.165) is 0 Å². The van der Waals surface area contributed by atoms with Crippen LogP contribution in [0.5, 0.6) is 0 Å². The Balaban J connectivity index is 1.28. The molecule has 69 heavy (non-hydrogen) atoms. The number of hydrogen-bond acceptors (Lipinski definition) is 0. The third kappa shape index (κ3) is 7.02. The van der Waals surface area contributed by atoms with Crippen LogP contribution in [-0.2, 0) is 0 Å². The summed E-state index contributed by atoms with van der Waals surface area (Å²) in [4.78, 5) is 0. The molecule has 12 rings (SSSR count). The van der Waals surface area contributed by atoms with Gasteiger partial charge in [-0.2, -0.15) is 0 Å². The fraction of sp³-hybridized carbons (Fsp3) is 0.449. The van der Waals surface area contributed by atoms with Crippen LogP contribution in [0.3, 0.4) is 0 Å². The Labute approximate surface area is 415 Å². The van der Waals surface area contributed by atoms with Crippen molar-refractivity contribution < 1.29 is 0 Å². The van der Waals surface area contributed by atoms with Gasteiger partial charge in [-0.3, -0.25) is 0 Å². The summed E-state index contributed by atoms with van der Waals surface area (Å²) in [6.45, 7) is 29.0. The fourth-order valence-electron chi connectivity index (χ4n) is 15.2. The van der Waals surface area contributed by atoms with Crippen molar-refractivity contribution in [3.8, 4) is 22.3 Å². The minimum atomic E-state index is 0.386. The van der Waals surface area contributed by atoms with Crippen LogP contribution >= 0.6 is 0 Å². The van der Waals surface area contributed by atoms with Gasteiger partial charge in [-0.05, 0) is 261 Å². The predicted octanol–water partition coefficient (Wildman–Crippen LogP) is 20.5. The third-order valence-corrected chi connectivity index (χ3v) is 18.8. The molecule has 6 atom stereocenters. The molecule has 6 unspecified atom stereocenters. The monoisotopic (exact) mass is 907 g/mol. The second-order valence-electron chi connectivity index (χ2n) is 24.9.